The summed E-state index contributed by atoms with van der Waals surface area (Å²) < 4.78 is 12.8. The highest BCUT2D eigenvalue weighted by atomic mass is 16.5. The highest BCUT2D eigenvalue weighted by Gasteiger charge is 2.22. The first kappa shape index (κ1) is 19.3. The number of aromatic nitrogens is 2. The first-order valence-corrected chi connectivity index (χ1v) is 10.2. The van der Waals surface area contributed by atoms with Crippen molar-refractivity contribution < 1.29 is 13.9 Å². The number of carbonyl (C=O) groups is 1. The molecule has 0 unspecified atom stereocenters. The van der Waals surface area contributed by atoms with Crippen LogP contribution >= 0.6 is 0 Å². The summed E-state index contributed by atoms with van der Waals surface area (Å²) in [4.78, 5) is 32.7. The van der Waals surface area contributed by atoms with Gasteiger partial charge in [0.2, 0.25) is 0 Å². The molecule has 0 radical (unpaired) electrons. The second-order valence-corrected chi connectivity index (χ2v) is 7.60. The molecule has 0 bridgehead atoms. The molecule has 1 aliphatic rings. The molecule has 31 heavy (non-hydrogen) atoms. The number of pyridine rings is 1. The van der Waals surface area contributed by atoms with Gasteiger partial charge in [-0.2, -0.15) is 0 Å². The van der Waals surface area contributed by atoms with Gasteiger partial charge in [-0.3, -0.25) is 9.69 Å². The summed E-state index contributed by atoms with van der Waals surface area (Å²) in [6, 6.07) is 14.2. The van der Waals surface area contributed by atoms with Gasteiger partial charge < -0.3 is 18.5 Å². The number of rotatable bonds is 5. The molecule has 0 saturated carbocycles. The summed E-state index contributed by atoms with van der Waals surface area (Å²) in [5.41, 5.74) is 1.99. The SMILES string of the molecule is O=C(COc1ccc2ccc(=O)oc2c1)N1CCN(Cc2cn3ccccc3n2)CC1. The third kappa shape index (κ3) is 4.29. The second-order valence-electron chi connectivity index (χ2n) is 7.60. The maximum absolute atomic E-state index is 12.6. The molecule has 4 aromatic rings. The van der Waals surface area contributed by atoms with Gasteiger partial charge in [0.1, 0.15) is 17.0 Å². The summed E-state index contributed by atoms with van der Waals surface area (Å²) >= 11 is 0. The molecule has 8 heteroatoms. The van der Waals surface area contributed by atoms with Crippen LogP contribution < -0.4 is 10.4 Å². The number of nitrogens with zero attached hydrogens (tertiary/aromatic N) is 4. The first-order chi connectivity index (χ1) is 15.1. The summed E-state index contributed by atoms with van der Waals surface area (Å²) in [7, 11) is 0. The Kier molecular flexibility index (Phi) is 5.13. The molecule has 1 aliphatic heterocycles. The van der Waals surface area contributed by atoms with Gasteiger partial charge in [-0.25, -0.2) is 9.78 Å². The van der Waals surface area contributed by atoms with Crippen LogP contribution in [0.5, 0.6) is 5.75 Å². The maximum atomic E-state index is 12.6. The van der Waals surface area contributed by atoms with Crippen LogP contribution in [0.25, 0.3) is 16.6 Å². The van der Waals surface area contributed by atoms with E-state index in [1.807, 2.05) is 39.9 Å². The normalized spacial score (nSPS) is 14.9. The predicted octanol–water partition coefficient (Wildman–Crippen LogP) is 2.16. The van der Waals surface area contributed by atoms with Gasteiger partial charge in [0.05, 0.1) is 5.69 Å². The topological polar surface area (TPSA) is 80.3 Å². The molecule has 1 fully saturated rings. The molecule has 5 rings (SSSR count). The van der Waals surface area contributed by atoms with E-state index in [1.165, 1.54) is 6.07 Å². The highest BCUT2D eigenvalue weighted by molar-refractivity contribution is 5.79. The number of hydrogen-bond acceptors (Lipinski definition) is 6. The first-order valence-electron chi connectivity index (χ1n) is 10.2. The number of fused-ring (bicyclic) bond motifs is 2. The fraction of sp³-hybridized carbons (Fsp3) is 0.261. The van der Waals surface area contributed by atoms with E-state index < -0.39 is 5.63 Å². The Morgan fingerprint density at radius 3 is 2.74 bits per heavy atom. The van der Waals surface area contributed by atoms with E-state index >= 15 is 0 Å². The van der Waals surface area contributed by atoms with Gasteiger partial charge in [0, 0.05) is 62.6 Å². The lowest BCUT2D eigenvalue weighted by molar-refractivity contribution is -0.135. The minimum absolute atomic E-state index is 0.0466. The zero-order chi connectivity index (χ0) is 21.2. The van der Waals surface area contributed by atoms with Crippen LogP contribution in [0.3, 0.4) is 0 Å². The lowest BCUT2D eigenvalue weighted by Gasteiger charge is -2.34. The van der Waals surface area contributed by atoms with E-state index in [2.05, 4.69) is 9.88 Å². The molecule has 1 saturated heterocycles. The molecule has 8 nitrogen and oxygen atoms in total. The van der Waals surface area contributed by atoms with Gasteiger partial charge in [-0.05, 0) is 30.3 Å². The molecule has 4 heterocycles. The van der Waals surface area contributed by atoms with E-state index in [0.717, 1.165) is 36.4 Å². The smallest absolute Gasteiger partial charge is 0.336 e. The zero-order valence-corrected chi connectivity index (χ0v) is 16.9. The molecule has 0 atom stereocenters. The van der Waals surface area contributed by atoms with Gasteiger partial charge >= 0.3 is 5.63 Å². The van der Waals surface area contributed by atoms with Crippen molar-refractivity contribution in [3.63, 3.8) is 0 Å². The molecule has 0 spiro atoms. The standard InChI is InChI=1S/C23H22N4O4/c28-22(16-30-19-6-4-17-5-7-23(29)31-20(17)13-19)26-11-9-25(10-12-26)14-18-15-27-8-2-1-3-21(27)24-18/h1-8,13,15H,9-12,14,16H2. The molecule has 1 amide bonds. The van der Waals surface area contributed by atoms with Crippen molar-refractivity contribution in [3.8, 4) is 5.75 Å². The monoisotopic (exact) mass is 418 g/mol. The van der Waals surface area contributed by atoms with Gasteiger partial charge in [-0.15, -0.1) is 0 Å². The molecule has 158 valence electrons. The number of carbonyl (C=O) groups excluding carboxylic acids is 1. The van der Waals surface area contributed by atoms with E-state index in [9.17, 15) is 9.59 Å². The average molecular weight is 418 g/mol. The van der Waals surface area contributed by atoms with Crippen molar-refractivity contribution in [1.29, 1.82) is 0 Å². The second kappa shape index (κ2) is 8.23. The Balaban J connectivity index is 1.13. The summed E-state index contributed by atoms with van der Waals surface area (Å²) in [5.74, 6) is 0.447. The summed E-state index contributed by atoms with van der Waals surface area (Å²) in [5, 5.41) is 0.806. The number of benzene rings is 1. The number of piperazine rings is 1. The van der Waals surface area contributed by atoms with Crippen LogP contribution in [-0.4, -0.2) is 57.9 Å². The number of imidazole rings is 1. The fourth-order valence-corrected chi connectivity index (χ4v) is 3.81. The maximum Gasteiger partial charge on any atom is 0.336 e. The largest absolute Gasteiger partial charge is 0.484 e. The summed E-state index contributed by atoms with van der Waals surface area (Å²) in [6.07, 6.45) is 4.04. The zero-order valence-electron chi connectivity index (χ0n) is 16.9. The third-order valence-corrected chi connectivity index (χ3v) is 5.48. The fourth-order valence-electron chi connectivity index (χ4n) is 3.81. The van der Waals surface area contributed by atoms with E-state index in [4.69, 9.17) is 9.15 Å². The van der Waals surface area contributed by atoms with Crippen LogP contribution in [-0.2, 0) is 11.3 Å². The van der Waals surface area contributed by atoms with Crippen LogP contribution in [0.4, 0.5) is 0 Å². The van der Waals surface area contributed by atoms with Crippen molar-refractivity contribution in [1.82, 2.24) is 19.2 Å². The lowest BCUT2D eigenvalue weighted by Crippen LogP contribution is -2.49. The minimum Gasteiger partial charge on any atom is -0.484 e. The van der Waals surface area contributed by atoms with E-state index in [-0.39, 0.29) is 12.5 Å². The Morgan fingerprint density at radius 1 is 1.06 bits per heavy atom. The average Bonchev–Trinajstić information content (AvgIpc) is 3.20. The number of amides is 1. The van der Waals surface area contributed by atoms with Crippen molar-refractivity contribution in [3.05, 3.63) is 77.0 Å². The molecule has 1 aromatic carbocycles. The van der Waals surface area contributed by atoms with Crippen LogP contribution in [0.2, 0.25) is 0 Å². The van der Waals surface area contributed by atoms with E-state index in [1.54, 1.807) is 24.3 Å². The minimum atomic E-state index is -0.415. The molecular formula is C23H22N4O4. The van der Waals surface area contributed by atoms with Gasteiger partial charge in [0.15, 0.2) is 6.61 Å². The van der Waals surface area contributed by atoms with Crippen LogP contribution in [0, 0.1) is 0 Å². The van der Waals surface area contributed by atoms with Crippen LogP contribution in [0.15, 0.2) is 70.1 Å². The number of hydrogen-bond donors (Lipinski definition) is 0. The molecule has 0 N–H and O–H groups in total. The number of ether oxygens (including phenoxy) is 1. The van der Waals surface area contributed by atoms with Gasteiger partial charge in [0.25, 0.3) is 5.91 Å². The Bertz CT molecular complexity index is 1250. The Hall–Kier alpha value is -3.65. The van der Waals surface area contributed by atoms with Crippen molar-refractivity contribution in [2.75, 3.05) is 32.8 Å². The van der Waals surface area contributed by atoms with Crippen molar-refractivity contribution >= 4 is 22.5 Å². The van der Waals surface area contributed by atoms with Crippen molar-refractivity contribution in [2.24, 2.45) is 0 Å². The van der Waals surface area contributed by atoms with Crippen molar-refractivity contribution in [2.45, 2.75) is 6.54 Å². The predicted molar refractivity (Wildman–Crippen MR) is 115 cm³/mol. The molecular weight excluding hydrogens is 396 g/mol. The van der Waals surface area contributed by atoms with Crippen LogP contribution in [0.1, 0.15) is 5.69 Å². The Labute approximate surface area is 178 Å². The van der Waals surface area contributed by atoms with E-state index in [0.29, 0.717) is 24.4 Å². The third-order valence-electron chi connectivity index (χ3n) is 5.48. The quantitative estimate of drug-likeness (QED) is 0.462. The van der Waals surface area contributed by atoms with Gasteiger partial charge in [-0.1, -0.05) is 6.07 Å². The summed E-state index contributed by atoms with van der Waals surface area (Å²) in [6.45, 7) is 3.61. The molecule has 3 aromatic heterocycles. The molecule has 0 aliphatic carbocycles. The lowest BCUT2D eigenvalue weighted by atomic mass is 10.2. The Morgan fingerprint density at radius 2 is 1.90 bits per heavy atom. The highest BCUT2D eigenvalue weighted by Crippen LogP contribution is 2.19.